The molecule has 7 nitrogen and oxygen atoms in total. The van der Waals surface area contributed by atoms with E-state index in [4.69, 9.17) is 27.0 Å². The van der Waals surface area contributed by atoms with E-state index in [0.29, 0.717) is 6.61 Å². The summed E-state index contributed by atoms with van der Waals surface area (Å²) in [4.78, 5) is 7.57. The Labute approximate surface area is 106 Å². The maximum absolute atomic E-state index is 11.1. The van der Waals surface area contributed by atoms with Crippen LogP contribution in [0.25, 0.3) is 5.65 Å². The van der Waals surface area contributed by atoms with Gasteiger partial charge >= 0.3 is 6.01 Å². The van der Waals surface area contributed by atoms with Gasteiger partial charge in [0.05, 0.1) is 12.8 Å². The molecule has 0 aliphatic rings. The van der Waals surface area contributed by atoms with Crippen LogP contribution >= 0.6 is 22.3 Å². The van der Waals surface area contributed by atoms with Gasteiger partial charge in [-0.05, 0) is 6.92 Å². The Balaban J connectivity index is 2.74. The van der Waals surface area contributed by atoms with Gasteiger partial charge in [-0.1, -0.05) is 11.6 Å². The summed E-state index contributed by atoms with van der Waals surface area (Å²) in [5.74, 6) is 0. The Kier molecular flexibility index (Phi) is 3.11. The molecular formula is C7H6Cl2N4O3S. The van der Waals surface area contributed by atoms with Gasteiger partial charge in [-0.3, -0.25) is 0 Å². The van der Waals surface area contributed by atoms with E-state index in [-0.39, 0.29) is 16.7 Å². The number of halogens is 2. The molecule has 0 bridgehead atoms. The minimum Gasteiger partial charge on any atom is -0.464 e. The zero-order valence-electron chi connectivity index (χ0n) is 8.46. The average molecular weight is 297 g/mol. The van der Waals surface area contributed by atoms with Gasteiger partial charge in [0, 0.05) is 10.7 Å². The van der Waals surface area contributed by atoms with Crippen molar-refractivity contribution in [1.29, 1.82) is 0 Å². The molecule has 0 amide bonds. The summed E-state index contributed by atoms with van der Waals surface area (Å²) >= 11 is 5.81. The van der Waals surface area contributed by atoms with Crippen LogP contribution in [-0.4, -0.2) is 34.6 Å². The largest absolute Gasteiger partial charge is 0.464 e. The molecule has 0 aliphatic carbocycles. The van der Waals surface area contributed by atoms with Gasteiger partial charge in [0.25, 0.3) is 14.2 Å². The summed E-state index contributed by atoms with van der Waals surface area (Å²) < 4.78 is 28.4. The van der Waals surface area contributed by atoms with Crippen LogP contribution in [0.1, 0.15) is 6.92 Å². The Morgan fingerprint density at radius 1 is 1.53 bits per heavy atom. The van der Waals surface area contributed by atoms with Gasteiger partial charge in [0.1, 0.15) is 5.02 Å². The third-order valence-corrected chi connectivity index (χ3v) is 3.05. The van der Waals surface area contributed by atoms with E-state index < -0.39 is 14.2 Å². The molecule has 0 atom stereocenters. The molecule has 0 saturated heterocycles. The number of fused-ring (bicyclic) bond motifs is 1. The number of rotatable bonds is 3. The summed E-state index contributed by atoms with van der Waals surface area (Å²) in [6.45, 7) is 2.09. The van der Waals surface area contributed by atoms with Crippen LogP contribution in [0, 0.1) is 0 Å². The minimum absolute atomic E-state index is 0.0889. The molecule has 10 heteroatoms. The van der Waals surface area contributed by atoms with Crippen molar-refractivity contribution < 1.29 is 13.2 Å². The zero-order chi connectivity index (χ0) is 12.6. The summed E-state index contributed by atoms with van der Waals surface area (Å²) in [6.07, 6.45) is 1.29. The predicted molar refractivity (Wildman–Crippen MR) is 60.0 cm³/mol. The van der Waals surface area contributed by atoms with Gasteiger partial charge in [-0.25, -0.2) is 13.4 Å². The van der Waals surface area contributed by atoms with Crippen molar-refractivity contribution in [3.63, 3.8) is 0 Å². The van der Waals surface area contributed by atoms with E-state index in [1.165, 1.54) is 6.20 Å². The average Bonchev–Trinajstić information content (AvgIpc) is 2.67. The Bertz CT molecular complexity index is 669. The van der Waals surface area contributed by atoms with E-state index >= 15 is 0 Å². The van der Waals surface area contributed by atoms with Crippen LogP contribution in [-0.2, 0) is 9.05 Å². The van der Waals surface area contributed by atoms with Crippen LogP contribution < -0.4 is 4.74 Å². The highest BCUT2D eigenvalue weighted by Crippen LogP contribution is 2.21. The molecule has 2 heterocycles. The van der Waals surface area contributed by atoms with Crippen LogP contribution in [0.5, 0.6) is 6.01 Å². The number of aromatic nitrogens is 4. The van der Waals surface area contributed by atoms with E-state index in [9.17, 15) is 8.42 Å². The maximum atomic E-state index is 11.1. The first kappa shape index (κ1) is 12.3. The fourth-order valence-corrected chi connectivity index (χ4v) is 1.88. The van der Waals surface area contributed by atoms with Crippen LogP contribution in [0.4, 0.5) is 0 Å². The van der Waals surface area contributed by atoms with Crippen molar-refractivity contribution in [1.82, 2.24) is 19.6 Å². The predicted octanol–water partition coefficient (Wildman–Crippen LogP) is 1.10. The number of ether oxygens (including phenoxy) is 1. The summed E-state index contributed by atoms with van der Waals surface area (Å²) in [7, 11) is 1.12. The van der Waals surface area contributed by atoms with Crippen molar-refractivity contribution in [3.05, 3.63) is 11.2 Å². The molecule has 0 fully saturated rings. The molecule has 0 unspecified atom stereocenters. The first-order valence-corrected chi connectivity index (χ1v) is 7.11. The van der Waals surface area contributed by atoms with Crippen LogP contribution in [0.2, 0.25) is 5.02 Å². The van der Waals surface area contributed by atoms with Crippen molar-refractivity contribution in [3.8, 4) is 6.01 Å². The van der Waals surface area contributed by atoms with Crippen molar-refractivity contribution in [2.75, 3.05) is 6.61 Å². The lowest BCUT2D eigenvalue weighted by molar-refractivity contribution is 0.302. The summed E-state index contributed by atoms with van der Waals surface area (Å²) in [6, 6.07) is 0.0889. The number of nitrogens with zero attached hydrogens (tertiary/aromatic N) is 4. The van der Waals surface area contributed by atoms with E-state index in [0.717, 1.165) is 4.52 Å². The molecule has 0 radical (unpaired) electrons. The van der Waals surface area contributed by atoms with Gasteiger partial charge < -0.3 is 4.74 Å². The second-order valence-corrected chi connectivity index (χ2v) is 5.76. The summed E-state index contributed by atoms with van der Waals surface area (Å²) in [5.41, 5.74) is 0.115. The Morgan fingerprint density at radius 2 is 2.24 bits per heavy atom. The first-order chi connectivity index (χ1) is 7.93. The van der Waals surface area contributed by atoms with Crippen LogP contribution in [0.15, 0.2) is 11.4 Å². The SMILES string of the molecule is CCOc1ncc(Cl)c2nc(S(=O)(=O)Cl)nn12. The molecule has 2 aromatic rings. The number of hydrogen-bond donors (Lipinski definition) is 0. The zero-order valence-corrected chi connectivity index (χ0v) is 10.8. The molecule has 0 saturated carbocycles. The highest BCUT2D eigenvalue weighted by atomic mass is 35.7. The van der Waals surface area contributed by atoms with Crippen molar-refractivity contribution in [2.24, 2.45) is 0 Å². The first-order valence-electron chi connectivity index (χ1n) is 4.42. The lowest BCUT2D eigenvalue weighted by atomic mass is 10.6. The molecule has 92 valence electrons. The minimum atomic E-state index is -4.03. The molecule has 17 heavy (non-hydrogen) atoms. The smallest absolute Gasteiger partial charge is 0.319 e. The van der Waals surface area contributed by atoms with E-state index in [1.807, 2.05) is 0 Å². The molecule has 0 spiro atoms. The standard InChI is InChI=1S/C7H6Cl2N4O3S/c1-2-16-7-10-3-4(8)5-11-6(12-13(5)7)17(9,14)15/h3H,2H2,1H3. The fourth-order valence-electron chi connectivity index (χ4n) is 1.14. The molecule has 0 aromatic carbocycles. The lowest BCUT2D eigenvalue weighted by Gasteiger charge is -2.02. The third-order valence-electron chi connectivity index (χ3n) is 1.76. The fraction of sp³-hybridized carbons (Fsp3) is 0.286. The summed E-state index contributed by atoms with van der Waals surface area (Å²) in [5, 5.41) is 3.28. The number of hydrogen-bond acceptors (Lipinski definition) is 6. The molecule has 2 rings (SSSR count). The molecule has 2 aromatic heterocycles. The van der Waals surface area contributed by atoms with Crippen molar-refractivity contribution in [2.45, 2.75) is 12.1 Å². The van der Waals surface area contributed by atoms with Gasteiger partial charge in [-0.15, -0.1) is 5.10 Å². The highest BCUT2D eigenvalue weighted by molar-refractivity contribution is 8.13. The monoisotopic (exact) mass is 296 g/mol. The quantitative estimate of drug-likeness (QED) is 0.789. The third kappa shape index (κ3) is 2.28. The Hall–Kier alpha value is -1.12. The lowest BCUT2D eigenvalue weighted by Crippen LogP contribution is -2.03. The van der Waals surface area contributed by atoms with E-state index in [2.05, 4.69) is 15.1 Å². The topological polar surface area (TPSA) is 86.5 Å². The second kappa shape index (κ2) is 4.28. The Morgan fingerprint density at radius 3 is 2.82 bits per heavy atom. The normalized spacial score (nSPS) is 11.9. The maximum Gasteiger partial charge on any atom is 0.319 e. The highest BCUT2D eigenvalue weighted by Gasteiger charge is 2.20. The van der Waals surface area contributed by atoms with Crippen molar-refractivity contribution >= 4 is 37.0 Å². The van der Waals surface area contributed by atoms with Crippen LogP contribution in [0.3, 0.4) is 0 Å². The molecule has 0 aliphatic heterocycles. The van der Waals surface area contributed by atoms with Gasteiger partial charge in [0.2, 0.25) is 0 Å². The van der Waals surface area contributed by atoms with Gasteiger partial charge in [0.15, 0.2) is 5.65 Å². The molecule has 0 N–H and O–H groups in total. The van der Waals surface area contributed by atoms with Gasteiger partial charge in [-0.2, -0.15) is 9.50 Å². The van der Waals surface area contributed by atoms with E-state index in [1.54, 1.807) is 6.92 Å². The molecular weight excluding hydrogens is 291 g/mol. The second-order valence-electron chi connectivity index (χ2n) is 2.89.